The van der Waals surface area contributed by atoms with Crippen LogP contribution in [-0.2, 0) is 16.1 Å². The summed E-state index contributed by atoms with van der Waals surface area (Å²) in [5, 5.41) is 11.2. The third kappa shape index (κ3) is 4.68. The van der Waals surface area contributed by atoms with E-state index in [1.807, 2.05) is 43.3 Å². The van der Waals surface area contributed by atoms with E-state index in [1.54, 1.807) is 18.2 Å². The van der Waals surface area contributed by atoms with Gasteiger partial charge in [0, 0.05) is 12.1 Å². The molecule has 8 heteroatoms. The molecule has 0 amide bonds. The average Bonchev–Trinajstić information content (AvgIpc) is 3.13. The lowest BCUT2D eigenvalue weighted by Gasteiger charge is -2.09. The van der Waals surface area contributed by atoms with Crippen LogP contribution in [0.15, 0.2) is 77.4 Å². The maximum absolute atomic E-state index is 12.3. The number of nitro groups is 1. The van der Waals surface area contributed by atoms with Crippen LogP contribution >= 0.6 is 11.6 Å². The highest BCUT2D eigenvalue weighted by atomic mass is 35.5. The summed E-state index contributed by atoms with van der Waals surface area (Å²) in [7, 11) is 0. The molecule has 0 fully saturated rings. The maximum atomic E-state index is 12.3. The van der Waals surface area contributed by atoms with Gasteiger partial charge in [0.1, 0.15) is 12.4 Å². The number of non-ortho nitro benzene ring substituents is 1. The van der Waals surface area contributed by atoms with Crippen molar-refractivity contribution in [3.63, 3.8) is 0 Å². The molecule has 7 nitrogen and oxygen atoms in total. The Hall–Kier alpha value is -3.97. The Morgan fingerprint density at radius 1 is 1.12 bits per heavy atom. The topological polar surface area (TPSA) is 91.0 Å². The van der Waals surface area contributed by atoms with Crippen LogP contribution < -0.4 is 4.74 Å². The summed E-state index contributed by atoms with van der Waals surface area (Å²) in [6.07, 6.45) is 1.56. The molecular formula is C24H17ClN2O5. The van der Waals surface area contributed by atoms with E-state index in [1.165, 1.54) is 18.2 Å². The standard InChI is InChI=1S/C24H17ClN2O5/c1-15-5-2-3-7-17(15)14-31-19-8-4-6-16(11-19)12-22-24(28)32-23(26-22)20-13-18(27(29)30)9-10-21(20)25/h2-13H,14H2,1H3/b22-12-. The number of aryl methyl sites for hydroxylation is 1. The number of rotatable bonds is 6. The Morgan fingerprint density at radius 2 is 1.94 bits per heavy atom. The Bertz CT molecular complexity index is 1280. The van der Waals surface area contributed by atoms with E-state index in [9.17, 15) is 14.9 Å². The first-order valence-electron chi connectivity index (χ1n) is 9.65. The van der Waals surface area contributed by atoms with Gasteiger partial charge in [0.15, 0.2) is 5.70 Å². The van der Waals surface area contributed by atoms with Crippen LogP contribution in [0, 0.1) is 17.0 Å². The summed E-state index contributed by atoms with van der Waals surface area (Å²) in [5.74, 6) is -0.115. The largest absolute Gasteiger partial charge is 0.489 e. The molecule has 0 unspecified atom stereocenters. The average molecular weight is 449 g/mol. The molecule has 0 N–H and O–H groups in total. The number of halogens is 1. The molecule has 0 saturated heterocycles. The number of nitrogens with zero attached hydrogens (tertiary/aromatic N) is 2. The van der Waals surface area contributed by atoms with Crippen molar-refractivity contribution in [2.45, 2.75) is 13.5 Å². The molecule has 3 aromatic carbocycles. The van der Waals surface area contributed by atoms with Gasteiger partial charge >= 0.3 is 5.97 Å². The zero-order valence-electron chi connectivity index (χ0n) is 16.9. The quantitative estimate of drug-likeness (QED) is 0.215. The summed E-state index contributed by atoms with van der Waals surface area (Å²) in [6.45, 7) is 2.44. The van der Waals surface area contributed by atoms with Crippen molar-refractivity contribution >= 4 is 35.2 Å². The van der Waals surface area contributed by atoms with Crippen LogP contribution in [-0.4, -0.2) is 16.8 Å². The lowest BCUT2D eigenvalue weighted by Crippen LogP contribution is -2.06. The Balaban J connectivity index is 1.56. The Morgan fingerprint density at radius 3 is 2.72 bits per heavy atom. The van der Waals surface area contributed by atoms with Gasteiger partial charge in [-0.25, -0.2) is 9.79 Å². The van der Waals surface area contributed by atoms with Gasteiger partial charge < -0.3 is 9.47 Å². The smallest absolute Gasteiger partial charge is 0.363 e. The normalized spacial score (nSPS) is 14.2. The molecule has 0 atom stereocenters. The first-order chi connectivity index (χ1) is 15.4. The SMILES string of the molecule is Cc1ccccc1COc1cccc(/C=C2\N=C(c3cc([N+](=O)[O-])ccc3Cl)OC2=O)c1. The minimum absolute atomic E-state index is 0.0543. The van der Waals surface area contributed by atoms with Gasteiger partial charge in [-0.3, -0.25) is 10.1 Å². The molecule has 1 aliphatic rings. The second kappa shape index (κ2) is 9.03. The van der Waals surface area contributed by atoms with Crippen LogP contribution in [0.5, 0.6) is 5.75 Å². The molecular weight excluding hydrogens is 432 g/mol. The van der Waals surface area contributed by atoms with Crippen molar-refractivity contribution < 1.29 is 19.2 Å². The van der Waals surface area contributed by atoms with E-state index in [0.717, 1.165) is 11.1 Å². The number of carbonyl (C=O) groups is 1. The highest BCUT2D eigenvalue weighted by molar-refractivity contribution is 6.34. The van der Waals surface area contributed by atoms with Crippen molar-refractivity contribution in [2.24, 2.45) is 4.99 Å². The molecule has 3 aromatic rings. The van der Waals surface area contributed by atoms with Crippen LogP contribution in [0.4, 0.5) is 5.69 Å². The predicted molar refractivity (Wildman–Crippen MR) is 121 cm³/mol. The van der Waals surface area contributed by atoms with Gasteiger partial charge in [0.2, 0.25) is 5.90 Å². The third-order valence-corrected chi connectivity index (χ3v) is 5.16. The summed E-state index contributed by atoms with van der Waals surface area (Å²) >= 11 is 6.12. The summed E-state index contributed by atoms with van der Waals surface area (Å²) in [5.41, 5.74) is 2.96. The van der Waals surface area contributed by atoms with E-state index in [4.69, 9.17) is 21.1 Å². The number of nitro benzene ring substituents is 1. The number of ether oxygens (including phenoxy) is 2. The fourth-order valence-corrected chi connectivity index (χ4v) is 3.30. The molecule has 4 rings (SSSR count). The van der Waals surface area contributed by atoms with Gasteiger partial charge in [-0.15, -0.1) is 0 Å². The van der Waals surface area contributed by atoms with Crippen LogP contribution in [0.1, 0.15) is 22.3 Å². The molecule has 1 aliphatic heterocycles. The predicted octanol–water partition coefficient (Wildman–Crippen LogP) is 5.48. The molecule has 0 aromatic heterocycles. The molecule has 0 bridgehead atoms. The maximum Gasteiger partial charge on any atom is 0.363 e. The van der Waals surface area contributed by atoms with Gasteiger partial charge in [-0.2, -0.15) is 0 Å². The number of benzene rings is 3. The van der Waals surface area contributed by atoms with E-state index >= 15 is 0 Å². The number of aliphatic imine (C=N–C) groups is 1. The summed E-state index contributed by atoms with van der Waals surface area (Å²) in [6, 6.07) is 19.0. The molecule has 0 saturated carbocycles. The lowest BCUT2D eigenvalue weighted by atomic mass is 10.1. The minimum atomic E-state index is -0.672. The second-order valence-electron chi connectivity index (χ2n) is 7.04. The molecule has 0 radical (unpaired) electrons. The zero-order chi connectivity index (χ0) is 22.7. The number of hydrogen-bond acceptors (Lipinski definition) is 6. The van der Waals surface area contributed by atoms with Crippen molar-refractivity contribution in [1.29, 1.82) is 0 Å². The molecule has 0 spiro atoms. The van der Waals surface area contributed by atoms with E-state index < -0.39 is 10.9 Å². The molecule has 160 valence electrons. The number of carbonyl (C=O) groups excluding carboxylic acids is 1. The van der Waals surface area contributed by atoms with Crippen LogP contribution in [0.25, 0.3) is 6.08 Å². The molecule has 1 heterocycles. The van der Waals surface area contributed by atoms with E-state index in [2.05, 4.69) is 4.99 Å². The summed E-state index contributed by atoms with van der Waals surface area (Å²) in [4.78, 5) is 27.0. The van der Waals surface area contributed by atoms with Crippen molar-refractivity contribution in [2.75, 3.05) is 0 Å². The highest BCUT2D eigenvalue weighted by Crippen LogP contribution is 2.27. The third-order valence-electron chi connectivity index (χ3n) is 4.83. The van der Waals surface area contributed by atoms with Crippen molar-refractivity contribution in [3.8, 4) is 5.75 Å². The van der Waals surface area contributed by atoms with Crippen molar-refractivity contribution in [3.05, 3.63) is 110 Å². The zero-order valence-corrected chi connectivity index (χ0v) is 17.7. The molecule has 0 aliphatic carbocycles. The van der Waals surface area contributed by atoms with Gasteiger partial charge in [0.25, 0.3) is 5.69 Å². The highest BCUT2D eigenvalue weighted by Gasteiger charge is 2.27. The summed E-state index contributed by atoms with van der Waals surface area (Å²) < 4.78 is 11.1. The van der Waals surface area contributed by atoms with E-state index in [0.29, 0.717) is 17.9 Å². The second-order valence-corrected chi connectivity index (χ2v) is 7.45. The fraction of sp³-hybridized carbons (Fsp3) is 0.0833. The van der Waals surface area contributed by atoms with Crippen molar-refractivity contribution in [1.82, 2.24) is 0 Å². The first-order valence-corrected chi connectivity index (χ1v) is 10.0. The number of esters is 1. The minimum Gasteiger partial charge on any atom is -0.489 e. The monoisotopic (exact) mass is 448 g/mol. The first kappa shape index (κ1) is 21.3. The van der Waals surface area contributed by atoms with Gasteiger partial charge in [-0.1, -0.05) is 48.0 Å². The van der Waals surface area contributed by atoms with Crippen LogP contribution in [0.3, 0.4) is 0 Å². The Kier molecular flexibility index (Phi) is 6.00. The number of cyclic esters (lactones) is 1. The van der Waals surface area contributed by atoms with Gasteiger partial charge in [-0.05, 0) is 47.9 Å². The van der Waals surface area contributed by atoms with E-state index in [-0.39, 0.29) is 27.9 Å². The lowest BCUT2D eigenvalue weighted by molar-refractivity contribution is -0.384. The van der Waals surface area contributed by atoms with Crippen LogP contribution in [0.2, 0.25) is 5.02 Å². The van der Waals surface area contributed by atoms with Gasteiger partial charge in [0.05, 0.1) is 15.5 Å². The number of hydrogen-bond donors (Lipinski definition) is 0. The fourth-order valence-electron chi connectivity index (χ4n) is 3.10. The molecule has 32 heavy (non-hydrogen) atoms. The Labute approximate surface area is 188 Å².